The maximum Gasteiger partial charge on any atom is 0.416 e. The van der Waals surface area contributed by atoms with Gasteiger partial charge in [-0.2, -0.15) is 13.2 Å². The molecule has 1 heterocycles. The van der Waals surface area contributed by atoms with Gasteiger partial charge in [-0.1, -0.05) is 18.2 Å². The Balaban J connectivity index is 1.60. The van der Waals surface area contributed by atoms with Crippen LogP contribution >= 0.6 is 0 Å². The van der Waals surface area contributed by atoms with Crippen molar-refractivity contribution in [3.8, 4) is 0 Å². The van der Waals surface area contributed by atoms with Gasteiger partial charge in [-0.15, -0.1) is 5.11 Å². The zero-order valence-electron chi connectivity index (χ0n) is 24.1. The van der Waals surface area contributed by atoms with Gasteiger partial charge in [0.2, 0.25) is 0 Å². The lowest BCUT2D eigenvalue weighted by molar-refractivity contribution is -0.138. The number of amides is 1. The van der Waals surface area contributed by atoms with E-state index in [2.05, 4.69) is 5.32 Å². The molecule has 1 amide bonds. The zero-order valence-corrected chi connectivity index (χ0v) is 24.9. The van der Waals surface area contributed by atoms with Crippen molar-refractivity contribution in [3.05, 3.63) is 100 Å². The van der Waals surface area contributed by atoms with Gasteiger partial charge >= 0.3 is 6.18 Å². The summed E-state index contributed by atoms with van der Waals surface area (Å²) in [6.45, 7) is -1.59. The molecular weight excluding hydrogens is 621 g/mol. The maximum atomic E-state index is 13.6. The number of carbonyl (C=O) groups is 1. The van der Waals surface area contributed by atoms with Gasteiger partial charge in [0.15, 0.2) is 9.84 Å². The van der Waals surface area contributed by atoms with Gasteiger partial charge in [0, 0.05) is 28.6 Å². The van der Waals surface area contributed by atoms with Crippen LogP contribution < -0.4 is 5.32 Å². The molecule has 4 aromatic rings. The van der Waals surface area contributed by atoms with Crippen molar-refractivity contribution in [1.82, 2.24) is 9.88 Å². The fraction of sp³-hybridized carbons (Fsp3) is 0.276. The average Bonchev–Trinajstić information content (AvgIpc) is 3.31. The standard InChI is InChI=1S/C29H22B5F5N2O4S/c30-28(31,32)29(33,34)46(44,45)22-6-2-16(3-7-22)24(15-42)40-26(43)18-4-8-25-19(11-18)13-21(41(25)10-9-35)12-17-1-5-20(36)14-23(17)27(37,38)39/h1-8,11,13-14,24,42H,9-10,12,15H2,(H,40,43)/t24-/m1/s1. The van der Waals surface area contributed by atoms with E-state index in [0.717, 1.165) is 24.3 Å². The van der Waals surface area contributed by atoms with Gasteiger partial charge in [-0.25, -0.2) is 17.2 Å². The predicted octanol–water partition coefficient (Wildman–Crippen LogP) is 3.17. The summed E-state index contributed by atoms with van der Waals surface area (Å²) in [7, 11) is 23.0. The van der Waals surface area contributed by atoms with E-state index < -0.39 is 62.3 Å². The summed E-state index contributed by atoms with van der Waals surface area (Å²) in [6, 6.07) is 12.0. The molecule has 1 aromatic heterocycles. The molecule has 228 valence electrons. The molecule has 0 fully saturated rings. The third-order valence-corrected chi connectivity index (χ3v) is 9.64. The number of aliphatic hydroxyl groups excluding tert-OH is 1. The van der Waals surface area contributed by atoms with Crippen LogP contribution in [0.15, 0.2) is 71.6 Å². The molecule has 17 heteroatoms. The smallest absolute Gasteiger partial charge is 0.394 e. The highest BCUT2D eigenvalue weighted by atomic mass is 32.2. The van der Waals surface area contributed by atoms with Crippen LogP contribution in [0.3, 0.4) is 0 Å². The van der Waals surface area contributed by atoms with E-state index in [9.17, 15) is 40.3 Å². The molecule has 0 bridgehead atoms. The number of rotatable bonds is 11. The van der Waals surface area contributed by atoms with Crippen molar-refractivity contribution in [3.63, 3.8) is 0 Å². The SMILES string of the molecule is [B]C([B])([B])C([B])([B])S(=O)(=O)c1ccc([C@@H](CO)NC(=O)c2ccc3c(c2)cc(Cc2ccc(F)cc2C(F)(F)F)n3CCF)cc1. The third kappa shape index (κ3) is 6.95. The van der Waals surface area contributed by atoms with E-state index in [1.807, 2.05) is 0 Å². The Morgan fingerprint density at radius 3 is 2.15 bits per heavy atom. The first kappa shape index (κ1) is 35.4. The predicted molar refractivity (Wildman–Crippen MR) is 167 cm³/mol. The number of aryl methyl sites for hydroxylation is 1. The van der Waals surface area contributed by atoms with Crippen LogP contribution in [0.1, 0.15) is 38.8 Å². The van der Waals surface area contributed by atoms with Gasteiger partial charge in [0.25, 0.3) is 5.91 Å². The van der Waals surface area contributed by atoms with E-state index in [-0.39, 0.29) is 29.0 Å². The van der Waals surface area contributed by atoms with E-state index in [0.29, 0.717) is 28.2 Å². The Kier molecular flexibility index (Phi) is 9.99. The Hall–Kier alpha value is -3.45. The highest BCUT2D eigenvalue weighted by Crippen LogP contribution is 2.36. The van der Waals surface area contributed by atoms with Crippen molar-refractivity contribution in [2.45, 2.75) is 39.7 Å². The molecule has 1 atom stereocenters. The van der Waals surface area contributed by atoms with Crippen LogP contribution in [0.4, 0.5) is 22.0 Å². The molecule has 3 aromatic carbocycles. The highest BCUT2D eigenvalue weighted by Gasteiger charge is 2.42. The number of nitrogens with zero attached hydrogens (tertiary/aromatic N) is 1. The number of hydrogen-bond donors (Lipinski definition) is 2. The van der Waals surface area contributed by atoms with Crippen molar-refractivity contribution in [2.24, 2.45) is 0 Å². The normalized spacial score (nSPS) is 13.5. The number of carbonyl (C=O) groups excluding carboxylic acids is 1. The summed E-state index contributed by atoms with van der Waals surface area (Å²) in [5.41, 5.74) is -0.207. The first-order valence-electron chi connectivity index (χ1n) is 13.6. The first-order chi connectivity index (χ1) is 21.3. The number of aromatic nitrogens is 1. The Bertz CT molecular complexity index is 1860. The van der Waals surface area contributed by atoms with E-state index in [1.54, 1.807) is 0 Å². The maximum absolute atomic E-state index is 13.6. The second-order valence-corrected chi connectivity index (χ2v) is 12.9. The van der Waals surface area contributed by atoms with Gasteiger partial charge in [0.1, 0.15) is 12.5 Å². The van der Waals surface area contributed by atoms with Gasteiger partial charge in [0.05, 0.1) is 68.9 Å². The first-order valence-corrected chi connectivity index (χ1v) is 15.0. The second-order valence-electron chi connectivity index (χ2n) is 10.7. The number of hydrogen-bond acceptors (Lipinski definition) is 4. The monoisotopic (exact) mass is 644 g/mol. The largest absolute Gasteiger partial charge is 0.416 e. The minimum atomic E-state index is -4.82. The molecular formula is C29H22B5F5N2O4S. The summed E-state index contributed by atoms with van der Waals surface area (Å²) in [6.07, 6.45) is -5.11. The number of alkyl halides is 4. The number of aliphatic hydroxyl groups is 1. The minimum Gasteiger partial charge on any atom is -0.394 e. The van der Waals surface area contributed by atoms with Gasteiger partial charge in [-0.3, -0.25) is 4.79 Å². The summed E-state index contributed by atoms with van der Waals surface area (Å²) in [5.74, 6) is -1.70. The molecule has 6 nitrogen and oxygen atoms in total. The number of benzene rings is 3. The number of nitrogens with one attached hydrogen (secondary N) is 1. The second kappa shape index (κ2) is 13.0. The molecule has 10 radical (unpaired) electrons. The summed E-state index contributed by atoms with van der Waals surface area (Å²) < 4.78 is 92.4. The fourth-order valence-corrected chi connectivity index (χ4v) is 6.26. The van der Waals surface area contributed by atoms with Crippen LogP contribution in [-0.2, 0) is 29.0 Å². The van der Waals surface area contributed by atoms with Crippen LogP contribution in [0.5, 0.6) is 0 Å². The topological polar surface area (TPSA) is 88.4 Å². The quantitative estimate of drug-likeness (QED) is 0.194. The lowest BCUT2D eigenvalue weighted by Gasteiger charge is -2.40. The zero-order chi connectivity index (χ0) is 34.2. The van der Waals surface area contributed by atoms with Crippen LogP contribution in [-0.4, -0.2) is 81.1 Å². The molecule has 0 unspecified atom stereocenters. The van der Waals surface area contributed by atoms with Crippen molar-refractivity contribution in [2.75, 3.05) is 13.3 Å². The van der Waals surface area contributed by atoms with E-state index >= 15 is 0 Å². The van der Waals surface area contributed by atoms with E-state index in [1.165, 1.54) is 41.0 Å². The van der Waals surface area contributed by atoms with Gasteiger partial charge in [-0.05, 0) is 64.2 Å². The van der Waals surface area contributed by atoms with Crippen molar-refractivity contribution >= 4 is 65.9 Å². The number of sulfone groups is 1. The Labute approximate surface area is 269 Å². The van der Waals surface area contributed by atoms with Crippen LogP contribution in [0, 0.1) is 5.82 Å². The fourth-order valence-electron chi connectivity index (χ4n) is 4.91. The number of fused-ring (bicyclic) bond motifs is 1. The van der Waals surface area contributed by atoms with Crippen LogP contribution in [0.25, 0.3) is 10.9 Å². The van der Waals surface area contributed by atoms with E-state index in [4.69, 9.17) is 39.2 Å². The summed E-state index contributed by atoms with van der Waals surface area (Å²) in [5, 5.41) is 10.5. The molecule has 0 saturated carbocycles. The third-order valence-electron chi connectivity index (χ3n) is 7.51. The molecule has 0 aliphatic heterocycles. The van der Waals surface area contributed by atoms with Crippen molar-refractivity contribution in [1.29, 1.82) is 0 Å². The molecule has 0 saturated heterocycles. The van der Waals surface area contributed by atoms with Crippen molar-refractivity contribution < 1.29 is 40.3 Å². The highest BCUT2D eigenvalue weighted by molar-refractivity contribution is 7.95. The molecule has 0 aliphatic carbocycles. The minimum absolute atomic E-state index is 0.105. The van der Waals surface area contributed by atoms with Crippen LogP contribution in [0.2, 0.25) is 5.11 Å². The Morgan fingerprint density at radius 2 is 1.59 bits per heavy atom. The summed E-state index contributed by atoms with van der Waals surface area (Å²) >= 11 is 0. The molecule has 0 aliphatic rings. The Morgan fingerprint density at radius 1 is 0.935 bits per heavy atom. The van der Waals surface area contributed by atoms with Gasteiger partial charge < -0.3 is 15.0 Å². The summed E-state index contributed by atoms with van der Waals surface area (Å²) in [4.78, 5) is 12.8. The lowest BCUT2D eigenvalue weighted by Crippen LogP contribution is -2.52. The average molecular weight is 644 g/mol. The lowest BCUT2D eigenvalue weighted by atomic mass is 9.30. The molecule has 2 N–H and O–H groups in total. The molecule has 0 spiro atoms. The molecule has 4 rings (SSSR count). The molecule has 46 heavy (non-hydrogen) atoms. The number of halogens is 5.